The molecule has 6 unspecified atom stereocenters. The van der Waals surface area contributed by atoms with Crippen molar-refractivity contribution in [3.8, 4) is 0 Å². The highest BCUT2D eigenvalue weighted by molar-refractivity contribution is 5.63. The number of hydrogen-bond donors (Lipinski definition) is 1. The number of hydrogen-bond acceptors (Lipinski definition) is 2. The summed E-state index contributed by atoms with van der Waals surface area (Å²) in [5.74, 6) is 1.84. The zero-order chi connectivity index (χ0) is 20.5. The first kappa shape index (κ1) is 21.2. The Morgan fingerprint density at radius 2 is 1.89 bits per heavy atom. The fraction of sp³-hybridized carbons (Fsp3) is 0.615. The second kappa shape index (κ2) is 8.06. The van der Waals surface area contributed by atoms with E-state index in [2.05, 4.69) is 87.8 Å². The summed E-state index contributed by atoms with van der Waals surface area (Å²) in [7, 11) is 0. The first-order valence-corrected chi connectivity index (χ1v) is 11.2. The molecule has 2 heteroatoms. The highest BCUT2D eigenvalue weighted by atomic mass is 15.2. The molecule has 1 fully saturated rings. The molecule has 2 nitrogen and oxygen atoms in total. The molecule has 1 aliphatic carbocycles. The fourth-order valence-electron chi connectivity index (χ4n) is 6.73. The fourth-order valence-corrected chi connectivity index (χ4v) is 6.73. The first-order chi connectivity index (χ1) is 13.4. The van der Waals surface area contributed by atoms with Gasteiger partial charge in [-0.2, -0.15) is 0 Å². The van der Waals surface area contributed by atoms with E-state index in [1.54, 1.807) is 6.08 Å². The molecule has 2 spiro atoms. The summed E-state index contributed by atoms with van der Waals surface area (Å²) in [6.07, 6.45) is 9.32. The molecular formula is C26H40N2. The first-order valence-electron chi connectivity index (χ1n) is 11.2. The molecule has 0 aromatic heterocycles. The van der Waals surface area contributed by atoms with Crippen LogP contribution in [0.1, 0.15) is 65.9 Å². The normalized spacial score (nSPS) is 38.8. The number of rotatable bonds is 2. The summed E-state index contributed by atoms with van der Waals surface area (Å²) in [6, 6.07) is 9.59. The zero-order valence-corrected chi connectivity index (χ0v) is 18.8. The van der Waals surface area contributed by atoms with Crippen LogP contribution in [-0.4, -0.2) is 29.6 Å². The van der Waals surface area contributed by atoms with Gasteiger partial charge < -0.3 is 5.32 Å². The van der Waals surface area contributed by atoms with Gasteiger partial charge in [0, 0.05) is 35.1 Å². The molecule has 1 saturated carbocycles. The van der Waals surface area contributed by atoms with Crippen LogP contribution in [0.2, 0.25) is 0 Å². The Morgan fingerprint density at radius 1 is 1.21 bits per heavy atom. The van der Waals surface area contributed by atoms with Crippen molar-refractivity contribution in [3.63, 3.8) is 0 Å². The quantitative estimate of drug-likeness (QED) is 0.591. The van der Waals surface area contributed by atoms with E-state index in [4.69, 9.17) is 0 Å². The van der Waals surface area contributed by atoms with Crippen LogP contribution in [0, 0.1) is 17.3 Å². The molecule has 3 aliphatic rings. The van der Waals surface area contributed by atoms with Gasteiger partial charge in [0.2, 0.25) is 0 Å². The topological polar surface area (TPSA) is 15.3 Å². The predicted octanol–water partition coefficient (Wildman–Crippen LogP) is 6.48. The molecule has 0 radical (unpaired) electrons. The van der Waals surface area contributed by atoms with Gasteiger partial charge in [-0.05, 0) is 56.7 Å². The summed E-state index contributed by atoms with van der Waals surface area (Å²) in [6.45, 7) is 19.8. The van der Waals surface area contributed by atoms with Gasteiger partial charge in [-0.25, -0.2) is 0 Å². The number of para-hydroxylation sites is 1. The lowest BCUT2D eigenvalue weighted by Gasteiger charge is -2.49. The highest BCUT2D eigenvalue weighted by Gasteiger charge is 2.64. The van der Waals surface area contributed by atoms with Gasteiger partial charge in [-0.15, -0.1) is 6.58 Å². The van der Waals surface area contributed by atoms with E-state index in [1.807, 2.05) is 6.92 Å². The third-order valence-corrected chi connectivity index (χ3v) is 8.10. The van der Waals surface area contributed by atoms with Gasteiger partial charge in [0.05, 0.1) is 0 Å². The Kier molecular flexibility index (Phi) is 6.10. The number of nitrogens with zero attached hydrogens (tertiary/aromatic N) is 1. The van der Waals surface area contributed by atoms with E-state index in [0.717, 1.165) is 6.54 Å². The molecule has 1 N–H and O–H groups in total. The Balaban J connectivity index is 0.000000706. The minimum atomic E-state index is 0.178. The molecule has 6 atom stereocenters. The van der Waals surface area contributed by atoms with Crippen molar-refractivity contribution in [2.45, 2.75) is 71.9 Å². The molecule has 154 valence electrons. The highest BCUT2D eigenvalue weighted by Crippen LogP contribution is 2.64. The van der Waals surface area contributed by atoms with Gasteiger partial charge in [-0.3, -0.25) is 4.90 Å². The number of anilines is 1. The van der Waals surface area contributed by atoms with Gasteiger partial charge in [-0.1, -0.05) is 64.1 Å². The third-order valence-electron chi connectivity index (χ3n) is 8.10. The van der Waals surface area contributed by atoms with Crippen molar-refractivity contribution in [2.24, 2.45) is 17.3 Å². The van der Waals surface area contributed by atoms with Gasteiger partial charge in [0.15, 0.2) is 0 Å². The molecule has 28 heavy (non-hydrogen) atoms. The summed E-state index contributed by atoms with van der Waals surface area (Å²) < 4.78 is 0. The zero-order valence-electron chi connectivity index (χ0n) is 18.8. The van der Waals surface area contributed by atoms with E-state index >= 15 is 0 Å². The molecule has 1 aromatic rings. The van der Waals surface area contributed by atoms with E-state index in [0.29, 0.717) is 23.8 Å². The summed E-state index contributed by atoms with van der Waals surface area (Å²) >= 11 is 0. The van der Waals surface area contributed by atoms with Gasteiger partial charge >= 0.3 is 0 Å². The van der Waals surface area contributed by atoms with Crippen LogP contribution in [0.5, 0.6) is 0 Å². The predicted molar refractivity (Wildman–Crippen MR) is 123 cm³/mol. The molecule has 2 aliphatic heterocycles. The van der Waals surface area contributed by atoms with Crippen molar-refractivity contribution in [1.82, 2.24) is 4.90 Å². The Bertz CT molecular complexity index is 723. The number of fused-ring (bicyclic) bond motifs is 1. The second-order valence-corrected chi connectivity index (χ2v) is 9.29. The van der Waals surface area contributed by atoms with Crippen molar-refractivity contribution in [1.29, 1.82) is 0 Å². The largest absolute Gasteiger partial charge is 0.378 e. The Morgan fingerprint density at radius 3 is 2.54 bits per heavy atom. The van der Waals surface area contributed by atoms with Crippen molar-refractivity contribution in [2.75, 3.05) is 18.4 Å². The maximum absolute atomic E-state index is 4.05. The number of allylic oxidation sites excluding steroid dienone is 1. The SMILES string of the molecule is C=CC.CCCN1CC=CC2(CC(C)C3(Nc4ccccc4C3C)C2C)C1C. The van der Waals surface area contributed by atoms with Gasteiger partial charge in [0.25, 0.3) is 0 Å². The van der Waals surface area contributed by atoms with Crippen molar-refractivity contribution in [3.05, 3.63) is 54.6 Å². The van der Waals surface area contributed by atoms with E-state index < -0.39 is 0 Å². The average molecular weight is 381 g/mol. The summed E-state index contributed by atoms with van der Waals surface area (Å²) in [5, 5.41) is 4.05. The maximum atomic E-state index is 4.05. The van der Waals surface area contributed by atoms with Crippen LogP contribution in [0.25, 0.3) is 0 Å². The second-order valence-electron chi connectivity index (χ2n) is 9.29. The lowest BCUT2D eigenvalue weighted by Crippen LogP contribution is -2.54. The van der Waals surface area contributed by atoms with Crippen LogP contribution in [-0.2, 0) is 0 Å². The molecule has 0 saturated heterocycles. The molecule has 2 heterocycles. The minimum absolute atomic E-state index is 0.178. The van der Waals surface area contributed by atoms with Crippen LogP contribution in [0.4, 0.5) is 5.69 Å². The molecular weight excluding hydrogens is 340 g/mol. The number of benzene rings is 1. The van der Waals surface area contributed by atoms with E-state index in [1.165, 1.54) is 30.6 Å². The van der Waals surface area contributed by atoms with Crippen LogP contribution in [0.15, 0.2) is 49.1 Å². The summed E-state index contributed by atoms with van der Waals surface area (Å²) in [4.78, 5) is 2.70. The van der Waals surface area contributed by atoms with Crippen molar-refractivity contribution >= 4 is 5.69 Å². The minimum Gasteiger partial charge on any atom is -0.378 e. The smallest absolute Gasteiger partial charge is 0.0500 e. The monoisotopic (exact) mass is 380 g/mol. The van der Waals surface area contributed by atoms with Crippen molar-refractivity contribution < 1.29 is 0 Å². The average Bonchev–Trinajstić information content (AvgIpc) is 3.09. The molecule has 1 aromatic carbocycles. The molecule has 0 bridgehead atoms. The molecule has 0 amide bonds. The molecule has 4 rings (SSSR count). The lowest BCUT2D eigenvalue weighted by molar-refractivity contribution is 0.0678. The standard InChI is InChI=1S/C23H34N2.C3H6/c1-6-13-25-14-9-12-22(19(25)5)15-16(2)23(18(22)4)17(3)20-10-7-8-11-21(20)24-23;1-3-2/h7-12,16-19,24H,6,13-15H2,1-5H3;3H,1H2,2H3. The number of nitrogens with one attached hydrogen (secondary N) is 1. The van der Waals surface area contributed by atoms with E-state index in [9.17, 15) is 0 Å². The lowest BCUT2D eigenvalue weighted by atomic mass is 9.65. The van der Waals surface area contributed by atoms with Gasteiger partial charge in [0.1, 0.15) is 0 Å². The maximum Gasteiger partial charge on any atom is 0.0500 e. The Hall–Kier alpha value is -1.54. The summed E-state index contributed by atoms with van der Waals surface area (Å²) in [5.41, 5.74) is 3.34. The van der Waals surface area contributed by atoms with Crippen LogP contribution in [0.3, 0.4) is 0 Å². The van der Waals surface area contributed by atoms with Crippen LogP contribution < -0.4 is 5.32 Å². The van der Waals surface area contributed by atoms with Crippen LogP contribution >= 0.6 is 0 Å². The van der Waals surface area contributed by atoms with E-state index in [-0.39, 0.29) is 11.0 Å². The Labute approximate surface area is 173 Å². The third kappa shape index (κ3) is 2.96.